The van der Waals surface area contributed by atoms with Crippen LogP contribution in [0.2, 0.25) is 5.02 Å². The first-order chi connectivity index (χ1) is 13.6. The SMILES string of the molecule is COc1ccc2nc3c(cc2c1)C=C(C(=O)c1ccc(Cl)cc1)C1=NCCN13. The topological polar surface area (TPSA) is 54.8 Å². The van der Waals surface area contributed by atoms with Crippen LogP contribution in [-0.4, -0.2) is 36.8 Å². The lowest BCUT2D eigenvalue weighted by molar-refractivity contribution is 0.104. The summed E-state index contributed by atoms with van der Waals surface area (Å²) in [6.45, 7) is 1.35. The number of fused-ring (bicyclic) bond motifs is 4. The third-order valence-electron chi connectivity index (χ3n) is 5.02. The standard InChI is InChI=1S/C22H16ClN3O2/c1-28-17-6-7-19-14(11-17)10-15-12-18(20(27)13-2-4-16(23)5-3-13)22-24-8-9-26(22)21(15)25-19/h2-7,10-12H,8-9H2,1H3. The first-order valence-corrected chi connectivity index (χ1v) is 9.35. The quantitative estimate of drug-likeness (QED) is 0.623. The molecule has 0 bridgehead atoms. The van der Waals surface area contributed by atoms with Gasteiger partial charge in [0.1, 0.15) is 17.4 Å². The van der Waals surface area contributed by atoms with Gasteiger partial charge in [-0.2, -0.15) is 0 Å². The van der Waals surface area contributed by atoms with E-state index in [9.17, 15) is 4.79 Å². The van der Waals surface area contributed by atoms with E-state index in [2.05, 4.69) is 4.99 Å². The van der Waals surface area contributed by atoms with Gasteiger partial charge in [0.15, 0.2) is 5.78 Å². The molecule has 3 aromatic rings. The molecule has 1 aromatic heterocycles. The number of carbonyl (C=O) groups is 1. The van der Waals surface area contributed by atoms with Crippen molar-refractivity contribution in [2.45, 2.75) is 0 Å². The Morgan fingerprint density at radius 2 is 1.96 bits per heavy atom. The van der Waals surface area contributed by atoms with Crippen molar-refractivity contribution in [1.82, 2.24) is 4.98 Å². The molecular weight excluding hydrogens is 374 g/mol. The first-order valence-electron chi connectivity index (χ1n) is 8.97. The van der Waals surface area contributed by atoms with E-state index >= 15 is 0 Å². The molecule has 2 aromatic carbocycles. The van der Waals surface area contributed by atoms with Crippen LogP contribution >= 0.6 is 11.6 Å². The zero-order valence-corrected chi connectivity index (χ0v) is 15.9. The molecule has 5 nitrogen and oxygen atoms in total. The summed E-state index contributed by atoms with van der Waals surface area (Å²) in [4.78, 5) is 24.6. The van der Waals surface area contributed by atoms with Crippen molar-refractivity contribution in [2.24, 2.45) is 4.99 Å². The normalized spacial score (nSPS) is 15.0. The van der Waals surface area contributed by atoms with Gasteiger partial charge in [-0.15, -0.1) is 0 Å². The second-order valence-electron chi connectivity index (χ2n) is 6.71. The molecule has 2 aliphatic heterocycles. The fourth-order valence-electron chi connectivity index (χ4n) is 3.64. The van der Waals surface area contributed by atoms with Gasteiger partial charge in [0.2, 0.25) is 0 Å². The third-order valence-corrected chi connectivity index (χ3v) is 5.27. The molecule has 0 atom stereocenters. The second-order valence-corrected chi connectivity index (χ2v) is 7.15. The number of pyridine rings is 1. The number of Topliss-reactive ketones (excluding diaryl/α,β-unsaturated/α-hetero) is 1. The number of hydrogen-bond acceptors (Lipinski definition) is 5. The van der Waals surface area contributed by atoms with Gasteiger partial charge < -0.3 is 9.64 Å². The molecule has 0 saturated heterocycles. The predicted octanol–water partition coefficient (Wildman–Crippen LogP) is 4.40. The molecule has 6 heteroatoms. The fourth-order valence-corrected chi connectivity index (χ4v) is 3.76. The lowest BCUT2D eigenvalue weighted by atomic mass is 9.96. The Labute approximate surface area is 166 Å². The summed E-state index contributed by atoms with van der Waals surface area (Å²) >= 11 is 5.96. The molecule has 0 unspecified atom stereocenters. The molecular formula is C22H16ClN3O2. The van der Waals surface area contributed by atoms with Crippen LogP contribution in [0.25, 0.3) is 17.0 Å². The Bertz CT molecular complexity index is 1180. The molecule has 0 fully saturated rings. The Morgan fingerprint density at radius 3 is 2.75 bits per heavy atom. The van der Waals surface area contributed by atoms with Crippen LogP contribution in [0.3, 0.4) is 0 Å². The fraction of sp³-hybridized carbons (Fsp3) is 0.136. The molecule has 0 amide bonds. The minimum absolute atomic E-state index is 0.0706. The second kappa shape index (κ2) is 6.46. The summed E-state index contributed by atoms with van der Waals surface area (Å²) in [6.07, 6.45) is 1.89. The number of amidine groups is 1. The minimum atomic E-state index is -0.0706. The Hall–Kier alpha value is -3.18. The summed E-state index contributed by atoms with van der Waals surface area (Å²) < 4.78 is 5.32. The third kappa shape index (κ3) is 2.67. The van der Waals surface area contributed by atoms with E-state index in [1.54, 1.807) is 31.4 Å². The van der Waals surface area contributed by atoms with E-state index < -0.39 is 0 Å². The molecule has 28 heavy (non-hydrogen) atoms. The van der Waals surface area contributed by atoms with Gasteiger partial charge in [0, 0.05) is 28.1 Å². The van der Waals surface area contributed by atoms with Gasteiger partial charge in [-0.1, -0.05) is 11.6 Å². The number of hydrogen-bond donors (Lipinski definition) is 0. The van der Waals surface area contributed by atoms with Gasteiger partial charge in [0.05, 0.1) is 24.7 Å². The molecule has 0 aliphatic carbocycles. The van der Waals surface area contributed by atoms with Crippen LogP contribution in [-0.2, 0) is 0 Å². The van der Waals surface area contributed by atoms with Crippen LogP contribution in [0.15, 0.2) is 59.1 Å². The number of nitrogens with zero attached hydrogens (tertiary/aromatic N) is 3. The number of aromatic nitrogens is 1. The van der Waals surface area contributed by atoms with E-state index in [1.165, 1.54) is 0 Å². The van der Waals surface area contributed by atoms with Gasteiger partial charge in [-0.05, 0) is 54.6 Å². The van der Waals surface area contributed by atoms with Crippen LogP contribution in [0.1, 0.15) is 15.9 Å². The summed E-state index contributed by atoms with van der Waals surface area (Å²) in [7, 11) is 1.64. The molecule has 0 saturated carbocycles. The van der Waals surface area contributed by atoms with E-state index in [0.29, 0.717) is 35.1 Å². The van der Waals surface area contributed by atoms with Crippen molar-refractivity contribution in [3.8, 4) is 5.75 Å². The summed E-state index contributed by atoms with van der Waals surface area (Å²) in [5.74, 6) is 2.23. The van der Waals surface area contributed by atoms with E-state index in [4.69, 9.17) is 21.3 Å². The molecule has 0 spiro atoms. The lowest BCUT2D eigenvalue weighted by Gasteiger charge is -2.27. The minimum Gasteiger partial charge on any atom is -0.497 e. The van der Waals surface area contributed by atoms with Crippen LogP contribution < -0.4 is 9.64 Å². The van der Waals surface area contributed by atoms with Crippen molar-refractivity contribution in [2.75, 3.05) is 25.1 Å². The van der Waals surface area contributed by atoms with E-state index in [0.717, 1.165) is 28.0 Å². The molecule has 3 heterocycles. The number of rotatable bonds is 3. The molecule has 0 radical (unpaired) electrons. The van der Waals surface area contributed by atoms with Crippen LogP contribution in [0.4, 0.5) is 5.82 Å². The highest BCUT2D eigenvalue weighted by Gasteiger charge is 2.33. The highest BCUT2D eigenvalue weighted by atomic mass is 35.5. The van der Waals surface area contributed by atoms with Gasteiger partial charge in [-0.3, -0.25) is 9.79 Å². The Balaban J connectivity index is 1.66. The molecule has 2 aliphatic rings. The number of carbonyl (C=O) groups excluding carboxylic acids is 1. The zero-order chi connectivity index (χ0) is 19.3. The number of aliphatic imine (C=N–C) groups is 1. The number of ether oxygens (including phenoxy) is 1. The highest BCUT2D eigenvalue weighted by Crippen LogP contribution is 2.35. The van der Waals surface area contributed by atoms with E-state index in [-0.39, 0.29) is 5.78 Å². The maximum Gasteiger partial charge on any atom is 0.196 e. The lowest BCUT2D eigenvalue weighted by Crippen LogP contribution is -2.35. The monoisotopic (exact) mass is 389 g/mol. The van der Waals surface area contributed by atoms with Crippen molar-refractivity contribution >= 4 is 46.0 Å². The van der Waals surface area contributed by atoms with Crippen LogP contribution in [0, 0.1) is 0 Å². The number of methoxy groups -OCH3 is 1. The number of ketones is 1. The maximum absolute atomic E-state index is 13.2. The Morgan fingerprint density at radius 1 is 1.14 bits per heavy atom. The molecule has 138 valence electrons. The molecule has 5 rings (SSSR count). The van der Waals surface area contributed by atoms with Crippen LogP contribution in [0.5, 0.6) is 5.75 Å². The smallest absolute Gasteiger partial charge is 0.196 e. The average molecular weight is 390 g/mol. The van der Waals surface area contributed by atoms with Crippen molar-refractivity contribution in [3.63, 3.8) is 0 Å². The van der Waals surface area contributed by atoms with E-state index in [1.807, 2.05) is 35.2 Å². The number of halogens is 1. The zero-order valence-electron chi connectivity index (χ0n) is 15.1. The Kier molecular flexibility index (Phi) is 3.91. The molecule has 0 N–H and O–H groups in total. The average Bonchev–Trinajstić information content (AvgIpc) is 3.21. The maximum atomic E-state index is 13.2. The van der Waals surface area contributed by atoms with Gasteiger partial charge >= 0.3 is 0 Å². The predicted molar refractivity (Wildman–Crippen MR) is 112 cm³/mol. The van der Waals surface area contributed by atoms with Crippen molar-refractivity contribution in [3.05, 3.63) is 70.3 Å². The van der Waals surface area contributed by atoms with Gasteiger partial charge in [0.25, 0.3) is 0 Å². The van der Waals surface area contributed by atoms with Crippen molar-refractivity contribution in [1.29, 1.82) is 0 Å². The first kappa shape index (κ1) is 17.0. The van der Waals surface area contributed by atoms with Crippen molar-refractivity contribution < 1.29 is 9.53 Å². The highest BCUT2D eigenvalue weighted by molar-refractivity contribution is 6.36. The summed E-state index contributed by atoms with van der Waals surface area (Å²) in [5, 5.41) is 1.57. The number of benzene rings is 2. The summed E-state index contributed by atoms with van der Waals surface area (Å²) in [5.41, 5.74) is 2.95. The van der Waals surface area contributed by atoms with Gasteiger partial charge in [-0.25, -0.2) is 4.98 Å². The largest absolute Gasteiger partial charge is 0.497 e. The number of anilines is 1. The summed E-state index contributed by atoms with van der Waals surface area (Å²) in [6, 6.07) is 14.8.